The van der Waals surface area contributed by atoms with Crippen LogP contribution in [0.15, 0.2) is 41.1 Å². The van der Waals surface area contributed by atoms with E-state index in [-0.39, 0.29) is 36.2 Å². The zero-order chi connectivity index (χ0) is 29.4. The first kappa shape index (κ1) is 29.6. The molecule has 0 heterocycles. The summed E-state index contributed by atoms with van der Waals surface area (Å²) in [5.74, 6) is 1.07. The third-order valence-corrected chi connectivity index (χ3v) is 11.2. The first-order chi connectivity index (χ1) is 19.5. The van der Waals surface area contributed by atoms with Gasteiger partial charge in [-0.15, -0.1) is 0 Å². The number of aliphatic hydroxyl groups is 1. The molecule has 0 radical (unpaired) electrons. The van der Waals surface area contributed by atoms with Crippen molar-refractivity contribution in [1.82, 2.24) is 5.32 Å². The Kier molecular flexibility index (Phi) is 8.25. The third-order valence-electron chi connectivity index (χ3n) is 11.2. The van der Waals surface area contributed by atoms with E-state index in [0.29, 0.717) is 17.8 Å². The molecule has 8 heteroatoms. The number of carbonyl (C=O) groups excluding carboxylic acids is 2. The molecule has 4 aliphatic carbocycles. The molecule has 0 bridgehead atoms. The van der Waals surface area contributed by atoms with Gasteiger partial charge in [-0.3, -0.25) is 4.79 Å². The number of ether oxygens (including phenoxy) is 1. The smallest absolute Gasteiger partial charge is 0.328 e. The second kappa shape index (κ2) is 11.4. The number of amides is 1. The predicted molar refractivity (Wildman–Crippen MR) is 156 cm³/mol. The van der Waals surface area contributed by atoms with Gasteiger partial charge in [-0.05, 0) is 118 Å². The third kappa shape index (κ3) is 5.64. The van der Waals surface area contributed by atoms with Crippen LogP contribution in [0.25, 0.3) is 0 Å². The van der Waals surface area contributed by atoms with Crippen molar-refractivity contribution >= 4 is 17.6 Å². The fraction of sp³-hybridized carbons (Fsp3) is 0.667. The Morgan fingerprint density at radius 3 is 2.51 bits per heavy atom. The predicted octanol–water partition coefficient (Wildman–Crippen LogP) is 5.07. The molecule has 0 aliphatic heterocycles. The molecule has 5 rings (SSSR count). The van der Waals surface area contributed by atoms with E-state index in [1.807, 2.05) is 0 Å². The van der Waals surface area contributed by atoms with Gasteiger partial charge in [-0.25, -0.2) is 4.79 Å². The summed E-state index contributed by atoms with van der Waals surface area (Å²) >= 11 is 0. The second-order valence-corrected chi connectivity index (χ2v) is 13.4. The number of benzene rings is 1. The SMILES string of the molecule is CCOC(=O)[C@H](Cc1ccc(O)cc1)NC(=O)CON=C1C=C2CC[C@H]3[C@H]4CC[C@](C)(O)[C@]4(C)CC[C@@H]3[C@]2(C)CC1. The second-order valence-electron chi connectivity index (χ2n) is 13.4. The Balaban J connectivity index is 1.19. The Hall–Kier alpha value is -2.87. The molecule has 3 saturated carbocycles. The van der Waals surface area contributed by atoms with E-state index in [2.05, 4.69) is 37.3 Å². The summed E-state index contributed by atoms with van der Waals surface area (Å²) in [5, 5.41) is 27.7. The summed E-state index contributed by atoms with van der Waals surface area (Å²) < 4.78 is 5.15. The quantitative estimate of drug-likeness (QED) is 0.299. The number of carbonyl (C=O) groups is 2. The van der Waals surface area contributed by atoms with Gasteiger partial charge in [0.1, 0.15) is 11.8 Å². The van der Waals surface area contributed by atoms with Crippen LogP contribution in [-0.4, -0.2) is 52.7 Å². The van der Waals surface area contributed by atoms with Crippen LogP contribution in [0.5, 0.6) is 5.75 Å². The Morgan fingerprint density at radius 1 is 1.05 bits per heavy atom. The number of allylic oxidation sites excluding steroid dienone is 2. The zero-order valence-corrected chi connectivity index (χ0v) is 24.9. The number of aromatic hydroxyl groups is 1. The number of esters is 1. The summed E-state index contributed by atoms with van der Waals surface area (Å²) in [7, 11) is 0. The Labute approximate surface area is 243 Å². The van der Waals surface area contributed by atoms with E-state index >= 15 is 0 Å². The molecule has 0 spiro atoms. The van der Waals surface area contributed by atoms with Crippen LogP contribution in [-0.2, 0) is 25.6 Å². The Morgan fingerprint density at radius 2 is 1.78 bits per heavy atom. The maximum absolute atomic E-state index is 12.7. The van der Waals surface area contributed by atoms with Crippen LogP contribution in [0.4, 0.5) is 0 Å². The van der Waals surface area contributed by atoms with Crippen molar-refractivity contribution in [3.63, 3.8) is 0 Å². The van der Waals surface area contributed by atoms with E-state index in [4.69, 9.17) is 9.57 Å². The molecule has 8 nitrogen and oxygen atoms in total. The van der Waals surface area contributed by atoms with Crippen molar-refractivity contribution < 1.29 is 29.4 Å². The minimum atomic E-state index is -0.864. The van der Waals surface area contributed by atoms with Gasteiger partial charge in [-0.2, -0.15) is 0 Å². The van der Waals surface area contributed by atoms with Crippen molar-refractivity contribution in [2.45, 2.75) is 97.1 Å². The molecule has 4 aliphatic rings. The molecule has 1 aromatic rings. The standard InChI is InChI=1S/C33H46N2O6/c1-5-40-30(38)28(18-21-6-9-24(36)10-7-21)34-29(37)20-41-35-23-12-15-31(2)22(19-23)8-11-25-26(31)13-16-32(3)27(25)14-17-33(32,4)39/h6-7,9-10,19,25-28,36,39H,5,8,11-18,20H2,1-4H3,(H,34,37)/t25-,26+,27-,28+,31-,32-,33+/m1/s1. The first-order valence-corrected chi connectivity index (χ1v) is 15.3. The highest BCUT2D eigenvalue weighted by molar-refractivity contribution is 5.96. The summed E-state index contributed by atoms with van der Waals surface area (Å²) in [6.45, 7) is 8.45. The lowest BCUT2D eigenvalue weighted by Crippen LogP contribution is -2.53. The minimum absolute atomic E-state index is 0.0256. The summed E-state index contributed by atoms with van der Waals surface area (Å²) in [4.78, 5) is 30.6. The summed E-state index contributed by atoms with van der Waals surface area (Å²) in [5.41, 5.74) is 2.71. The molecule has 7 atom stereocenters. The molecule has 3 fully saturated rings. The van der Waals surface area contributed by atoms with Crippen LogP contribution in [0, 0.1) is 28.6 Å². The van der Waals surface area contributed by atoms with Gasteiger partial charge in [0.05, 0.1) is 17.9 Å². The fourth-order valence-electron chi connectivity index (χ4n) is 8.60. The van der Waals surface area contributed by atoms with Crippen LogP contribution >= 0.6 is 0 Å². The Bertz CT molecular complexity index is 1210. The number of phenols is 1. The van der Waals surface area contributed by atoms with Gasteiger partial charge in [0.25, 0.3) is 5.91 Å². The minimum Gasteiger partial charge on any atom is -0.508 e. The molecule has 3 N–H and O–H groups in total. The average Bonchev–Trinajstić information content (AvgIpc) is 3.18. The molecule has 1 aromatic carbocycles. The number of fused-ring (bicyclic) bond motifs is 5. The number of hydrogen-bond acceptors (Lipinski definition) is 7. The van der Waals surface area contributed by atoms with Gasteiger partial charge in [0, 0.05) is 6.42 Å². The van der Waals surface area contributed by atoms with E-state index in [1.54, 1.807) is 31.2 Å². The van der Waals surface area contributed by atoms with Crippen LogP contribution in [0.2, 0.25) is 0 Å². The largest absolute Gasteiger partial charge is 0.508 e. The maximum Gasteiger partial charge on any atom is 0.328 e. The van der Waals surface area contributed by atoms with Crippen molar-refractivity contribution in [3.05, 3.63) is 41.5 Å². The highest BCUT2D eigenvalue weighted by Gasteiger charge is 2.62. The van der Waals surface area contributed by atoms with E-state index in [9.17, 15) is 19.8 Å². The normalized spacial score (nSPS) is 35.9. The van der Waals surface area contributed by atoms with Crippen molar-refractivity contribution in [3.8, 4) is 5.75 Å². The average molecular weight is 567 g/mol. The first-order valence-electron chi connectivity index (χ1n) is 15.3. The van der Waals surface area contributed by atoms with E-state index < -0.39 is 23.5 Å². The van der Waals surface area contributed by atoms with Gasteiger partial charge in [0.15, 0.2) is 6.61 Å². The van der Waals surface area contributed by atoms with Crippen LogP contribution in [0.3, 0.4) is 0 Å². The lowest BCUT2D eigenvalue weighted by atomic mass is 9.46. The summed E-state index contributed by atoms with van der Waals surface area (Å²) in [6, 6.07) is 5.63. The summed E-state index contributed by atoms with van der Waals surface area (Å²) in [6.07, 6.45) is 10.8. The number of rotatable bonds is 8. The number of hydrogen-bond donors (Lipinski definition) is 3. The van der Waals surface area contributed by atoms with E-state index in [1.165, 1.54) is 5.57 Å². The molecule has 224 valence electrons. The number of nitrogens with zero attached hydrogens (tertiary/aromatic N) is 1. The van der Waals surface area contributed by atoms with Crippen LogP contribution < -0.4 is 5.32 Å². The topological polar surface area (TPSA) is 117 Å². The highest BCUT2D eigenvalue weighted by atomic mass is 16.6. The van der Waals surface area contributed by atoms with Gasteiger partial charge in [0.2, 0.25) is 0 Å². The molecule has 0 aromatic heterocycles. The fourth-order valence-corrected chi connectivity index (χ4v) is 8.60. The monoisotopic (exact) mass is 566 g/mol. The zero-order valence-electron chi connectivity index (χ0n) is 24.9. The van der Waals surface area contributed by atoms with Gasteiger partial charge >= 0.3 is 5.97 Å². The maximum atomic E-state index is 12.7. The number of oxime groups is 1. The van der Waals surface area contributed by atoms with Crippen molar-refractivity contribution in [1.29, 1.82) is 0 Å². The molecular formula is C33H46N2O6. The van der Waals surface area contributed by atoms with Gasteiger partial charge < -0.3 is 25.1 Å². The van der Waals surface area contributed by atoms with Crippen molar-refractivity contribution in [2.24, 2.45) is 33.7 Å². The number of phenolic OH excluding ortho intramolecular Hbond substituents is 1. The van der Waals surface area contributed by atoms with Gasteiger partial charge in [-0.1, -0.05) is 36.7 Å². The highest BCUT2D eigenvalue weighted by Crippen LogP contribution is 2.67. The molecule has 41 heavy (non-hydrogen) atoms. The molecule has 1 amide bonds. The molecule has 0 unspecified atom stereocenters. The lowest BCUT2D eigenvalue weighted by Gasteiger charge is -2.59. The molecular weight excluding hydrogens is 520 g/mol. The van der Waals surface area contributed by atoms with E-state index in [0.717, 1.165) is 62.6 Å². The number of nitrogens with one attached hydrogen (secondary N) is 1. The lowest BCUT2D eigenvalue weighted by molar-refractivity contribution is -0.147. The van der Waals surface area contributed by atoms with Crippen LogP contribution in [0.1, 0.15) is 84.6 Å². The van der Waals surface area contributed by atoms with Crippen molar-refractivity contribution in [2.75, 3.05) is 13.2 Å². The molecule has 0 saturated heterocycles.